The normalized spacial score (nSPS) is 26.8. The number of hydrogen-bond donors (Lipinski definition) is 4. The van der Waals surface area contributed by atoms with Gasteiger partial charge in [0.05, 0.1) is 14.1 Å². The number of aliphatic hydroxyl groups excluding tert-OH is 1. The first-order valence-corrected chi connectivity index (χ1v) is 12.6. The van der Waals surface area contributed by atoms with E-state index in [1.165, 1.54) is 26.0 Å². The summed E-state index contributed by atoms with van der Waals surface area (Å²) in [6.07, 6.45) is -5.61. The molecule has 0 spiro atoms. The summed E-state index contributed by atoms with van der Waals surface area (Å²) in [5, 5.41) is 24.1. The van der Waals surface area contributed by atoms with Crippen molar-refractivity contribution in [2.24, 2.45) is 0 Å². The van der Waals surface area contributed by atoms with Gasteiger partial charge in [0, 0.05) is 12.2 Å². The molecule has 1 aliphatic rings. The van der Waals surface area contributed by atoms with Gasteiger partial charge in [-0.3, -0.25) is 23.7 Å². The topological polar surface area (TPSA) is 178 Å². The Kier molecular flexibility index (Phi) is 8.08. The van der Waals surface area contributed by atoms with Crippen LogP contribution < -0.4 is 20.9 Å². The molecule has 0 aliphatic carbocycles. The number of nitrogens with zero attached hydrogens (tertiary/aromatic N) is 1. The summed E-state index contributed by atoms with van der Waals surface area (Å²) in [5.41, 5.74) is -3.97. The van der Waals surface area contributed by atoms with Crippen LogP contribution in [0.5, 0.6) is 5.75 Å². The Morgan fingerprint density at radius 3 is 2.58 bits per heavy atom. The predicted molar refractivity (Wildman–Crippen MR) is 126 cm³/mol. The molecule has 13 nitrogen and oxygen atoms in total. The van der Waals surface area contributed by atoms with Gasteiger partial charge in [0.15, 0.2) is 6.23 Å². The van der Waals surface area contributed by atoms with Crippen LogP contribution in [-0.2, 0) is 23.4 Å². The van der Waals surface area contributed by atoms with E-state index in [9.17, 15) is 29.2 Å². The number of ether oxygens (including phenoxy) is 2. The lowest BCUT2D eigenvalue weighted by Crippen LogP contribution is -2.47. The molecule has 1 aliphatic heterocycles. The van der Waals surface area contributed by atoms with Crippen molar-refractivity contribution in [3.63, 3.8) is 0 Å². The highest BCUT2D eigenvalue weighted by molar-refractivity contribution is 7.52. The van der Waals surface area contributed by atoms with Crippen LogP contribution >= 0.6 is 7.75 Å². The summed E-state index contributed by atoms with van der Waals surface area (Å²) >= 11 is 0. The molecule has 0 unspecified atom stereocenters. The highest BCUT2D eigenvalue weighted by Crippen LogP contribution is 2.46. The van der Waals surface area contributed by atoms with E-state index in [-0.39, 0.29) is 5.75 Å². The largest absolute Gasteiger partial charge is 0.462 e. The Morgan fingerprint density at radius 1 is 1.31 bits per heavy atom. The van der Waals surface area contributed by atoms with Gasteiger partial charge in [0.1, 0.15) is 29.6 Å². The number of para-hydroxylation sites is 1. The second-order valence-electron chi connectivity index (χ2n) is 8.67. The summed E-state index contributed by atoms with van der Waals surface area (Å²) in [6, 6.07) is 7.67. The molecular formula is C22H30N3O10P. The van der Waals surface area contributed by atoms with E-state index >= 15 is 0 Å². The first-order chi connectivity index (χ1) is 17.2. The van der Waals surface area contributed by atoms with Gasteiger partial charge in [-0.25, -0.2) is 9.36 Å². The fraction of sp³-hybridized carbons (Fsp3) is 0.500. The molecule has 0 saturated carbocycles. The molecule has 0 radical (unpaired) electrons. The first-order valence-electron chi connectivity index (χ1n) is 11.6. The number of H-pyrrole nitrogens is 1. The zero-order valence-electron chi connectivity index (χ0n) is 21.1. The van der Waals surface area contributed by atoms with Crippen LogP contribution in [0.4, 0.5) is 0 Å². The van der Waals surface area contributed by atoms with Crippen molar-refractivity contribution < 1.29 is 39.5 Å². The van der Waals surface area contributed by atoms with Crippen molar-refractivity contribution in [3.05, 3.63) is 63.4 Å². The molecule has 2 aromatic rings. The van der Waals surface area contributed by atoms with Crippen molar-refractivity contribution in [3.8, 4) is 5.75 Å². The molecule has 3 rings (SSSR count). The van der Waals surface area contributed by atoms with Crippen LogP contribution in [0, 0.1) is 0 Å². The fourth-order valence-corrected chi connectivity index (χ4v) is 4.92. The van der Waals surface area contributed by atoms with Crippen LogP contribution in [0.1, 0.15) is 35.3 Å². The smallest absolute Gasteiger partial charge is 0.459 e. The summed E-state index contributed by atoms with van der Waals surface area (Å²) in [4.78, 5) is 38.0. The number of hydrogen-bond acceptors (Lipinski definition) is 10. The van der Waals surface area contributed by atoms with E-state index in [2.05, 4.69) is 5.09 Å². The number of aromatic nitrogens is 2. The van der Waals surface area contributed by atoms with Gasteiger partial charge in [-0.15, -0.1) is 0 Å². The Balaban J connectivity index is 1.83. The number of aromatic amines is 1. The van der Waals surface area contributed by atoms with Gasteiger partial charge in [-0.2, -0.15) is 5.09 Å². The Morgan fingerprint density at radius 2 is 1.97 bits per heavy atom. The molecule has 198 valence electrons. The first kappa shape index (κ1) is 26.3. The fourth-order valence-electron chi connectivity index (χ4n) is 3.42. The Labute approximate surface area is 208 Å². The van der Waals surface area contributed by atoms with Gasteiger partial charge < -0.3 is 24.2 Å². The highest BCUT2D eigenvalue weighted by atomic mass is 31.2. The number of aliphatic hydroxyl groups is 2. The number of carbonyl (C=O) groups is 1. The number of rotatable bonds is 10. The number of nitrogens with one attached hydrogen (secondary N) is 2. The molecule has 1 aromatic heterocycles. The summed E-state index contributed by atoms with van der Waals surface area (Å²) in [5.74, 6) is -0.560. The molecule has 0 amide bonds. The van der Waals surface area contributed by atoms with Crippen molar-refractivity contribution in [1.29, 1.82) is 0 Å². The molecule has 1 aromatic carbocycles. The third kappa shape index (κ3) is 6.49. The second kappa shape index (κ2) is 11.1. The van der Waals surface area contributed by atoms with E-state index in [0.717, 1.165) is 6.07 Å². The van der Waals surface area contributed by atoms with E-state index in [1.54, 1.807) is 32.0 Å². The molecule has 14 heteroatoms. The summed E-state index contributed by atoms with van der Waals surface area (Å²) in [7, 11) is -4.31. The molecular weight excluding hydrogens is 497 g/mol. The minimum atomic E-state index is -4.31. The lowest BCUT2D eigenvalue weighted by molar-refractivity contribution is -0.149. The van der Waals surface area contributed by atoms with Crippen LogP contribution in [0.25, 0.3) is 0 Å². The second-order valence-corrected chi connectivity index (χ2v) is 10.4. The van der Waals surface area contributed by atoms with E-state index < -0.39 is 73.9 Å². The predicted octanol–water partition coefficient (Wildman–Crippen LogP) is 0.679. The zero-order valence-corrected chi connectivity index (χ0v) is 21.0. The van der Waals surface area contributed by atoms with Crippen molar-refractivity contribution >= 4 is 13.7 Å². The van der Waals surface area contributed by atoms with E-state index in [0.29, 0.717) is 4.57 Å². The molecule has 6 atom stereocenters. The quantitative estimate of drug-likeness (QED) is 0.252. The monoisotopic (exact) mass is 528 g/mol. The lowest BCUT2D eigenvalue weighted by Gasteiger charge is -2.27. The summed E-state index contributed by atoms with van der Waals surface area (Å²) in [6.45, 7) is 5.25. The average Bonchev–Trinajstić information content (AvgIpc) is 3.01. The molecule has 1 fully saturated rings. The van der Waals surface area contributed by atoms with Gasteiger partial charge in [0.2, 0.25) is 0 Å². The van der Waals surface area contributed by atoms with Crippen molar-refractivity contribution in [2.45, 2.75) is 63.9 Å². The number of carbonyl (C=O) groups excluding carboxylic acids is 1. The van der Waals surface area contributed by atoms with Gasteiger partial charge in [0.25, 0.3) is 5.56 Å². The maximum absolute atomic E-state index is 13.6. The average molecular weight is 528 g/mol. The molecule has 2 heterocycles. The van der Waals surface area contributed by atoms with Crippen molar-refractivity contribution in [1.82, 2.24) is 14.6 Å². The van der Waals surface area contributed by atoms with Crippen LogP contribution in [-0.4, -0.2) is 62.3 Å². The maximum Gasteiger partial charge on any atom is 0.459 e. The van der Waals surface area contributed by atoms with Gasteiger partial charge in [-0.1, -0.05) is 18.2 Å². The lowest BCUT2D eigenvalue weighted by atomic mass is 9.96. The minimum absolute atomic E-state index is 0.152. The van der Waals surface area contributed by atoms with E-state index in [4.69, 9.17) is 19.9 Å². The molecule has 1 saturated heterocycles. The third-order valence-corrected chi connectivity index (χ3v) is 6.85. The Hall–Kier alpha value is -2.80. The molecule has 4 N–H and O–H groups in total. The number of benzene rings is 1. The van der Waals surface area contributed by atoms with Crippen LogP contribution in [0.2, 0.25) is 0 Å². The highest BCUT2D eigenvalue weighted by Gasteiger charge is 2.54. The standard InChI is InChI=1S/C22H30N3O10P/c1-13(2)33-19(28)14(3)24-36(31,35-15-8-6-5-7-9-15)32-12-16-18(27)22(4,30)20(34-16)25-11-10-17(26)23-21(25)29/h5-11,13-14,16,18,20,27,30H,12H2,1-4H3,(H,24,31)(H,23,26,29)/t14-,16+,18+,20+,22+,36-/m0/s1/i11D. The Bertz CT molecular complexity index is 1270. The number of esters is 1. The van der Waals surface area contributed by atoms with Gasteiger partial charge in [-0.05, 0) is 39.8 Å². The molecule has 0 bridgehead atoms. The van der Waals surface area contributed by atoms with Crippen LogP contribution in [0.15, 0.2) is 52.2 Å². The van der Waals surface area contributed by atoms with Gasteiger partial charge >= 0.3 is 19.4 Å². The summed E-state index contributed by atoms with van der Waals surface area (Å²) < 4.78 is 44.0. The minimum Gasteiger partial charge on any atom is -0.462 e. The molecule has 36 heavy (non-hydrogen) atoms. The maximum atomic E-state index is 13.6. The van der Waals surface area contributed by atoms with Crippen LogP contribution in [0.3, 0.4) is 0 Å². The zero-order chi connectivity index (χ0) is 27.5. The van der Waals surface area contributed by atoms with E-state index in [1.807, 2.05) is 4.98 Å². The SMILES string of the molecule is [2H]c1cc(=O)[nH]c(=O)n1[C@@H]1O[C@H](CO[P@@](=O)(N[C@@H](C)C(=O)OC(C)C)Oc2ccccc2)[C@@H](O)[C@@]1(C)O. The third-order valence-electron chi connectivity index (χ3n) is 5.21. The van der Waals surface area contributed by atoms with Crippen molar-refractivity contribution in [2.75, 3.05) is 6.61 Å².